The van der Waals surface area contributed by atoms with Gasteiger partial charge < -0.3 is 19.6 Å². The second-order valence-corrected chi connectivity index (χ2v) is 15.1. The SMILES string of the molecule is C=CCCOC(=O)[C@H]1[C@H]2C(=O)N([C@@H](CC)CO)C(C(=O)N(CC=C)C(C)(C)CC(C)(C)C)C23CC[C@]1(C)S3. The second-order valence-electron chi connectivity index (χ2n) is 13.2. The fourth-order valence-electron chi connectivity index (χ4n) is 7.45. The molecule has 0 saturated carbocycles. The van der Waals surface area contributed by atoms with Crippen LogP contribution in [0, 0.1) is 17.3 Å². The van der Waals surface area contributed by atoms with E-state index in [9.17, 15) is 19.5 Å². The molecule has 6 atom stereocenters. The molecule has 1 spiro atoms. The maximum Gasteiger partial charge on any atom is 0.311 e. The van der Waals surface area contributed by atoms with Crippen LogP contribution in [0.4, 0.5) is 0 Å². The van der Waals surface area contributed by atoms with Crippen LogP contribution < -0.4 is 0 Å². The first-order valence-corrected chi connectivity index (χ1v) is 14.8. The van der Waals surface area contributed by atoms with Gasteiger partial charge in [-0.1, -0.05) is 39.8 Å². The van der Waals surface area contributed by atoms with Crippen LogP contribution in [0.25, 0.3) is 0 Å². The third kappa shape index (κ3) is 5.19. The summed E-state index contributed by atoms with van der Waals surface area (Å²) in [7, 11) is 0. The van der Waals surface area contributed by atoms with Crippen molar-refractivity contribution in [1.29, 1.82) is 0 Å². The van der Waals surface area contributed by atoms with Crippen LogP contribution in [0.1, 0.15) is 80.6 Å². The van der Waals surface area contributed by atoms with E-state index in [1.165, 1.54) is 0 Å². The monoisotopic (exact) mass is 548 g/mol. The summed E-state index contributed by atoms with van der Waals surface area (Å²) in [6.45, 7) is 22.5. The van der Waals surface area contributed by atoms with Gasteiger partial charge in [-0.25, -0.2) is 0 Å². The molecule has 3 saturated heterocycles. The molecule has 3 fully saturated rings. The molecule has 0 aliphatic carbocycles. The highest BCUT2D eigenvalue weighted by Gasteiger charge is 2.78. The summed E-state index contributed by atoms with van der Waals surface area (Å²) >= 11 is 1.63. The van der Waals surface area contributed by atoms with Gasteiger partial charge in [0.15, 0.2) is 0 Å². The number of thioether (sulfide) groups is 1. The highest BCUT2D eigenvalue weighted by Crippen LogP contribution is 2.72. The van der Waals surface area contributed by atoms with Crippen LogP contribution >= 0.6 is 11.8 Å². The molecule has 214 valence electrons. The van der Waals surface area contributed by atoms with Crippen molar-refractivity contribution in [2.45, 2.75) is 108 Å². The third-order valence-corrected chi connectivity index (χ3v) is 10.6. The average molecular weight is 549 g/mol. The summed E-state index contributed by atoms with van der Waals surface area (Å²) < 4.78 is 4.39. The van der Waals surface area contributed by atoms with Crippen molar-refractivity contribution in [1.82, 2.24) is 9.80 Å². The van der Waals surface area contributed by atoms with E-state index in [4.69, 9.17) is 4.74 Å². The fraction of sp³-hybridized carbons (Fsp3) is 0.767. The van der Waals surface area contributed by atoms with E-state index in [0.29, 0.717) is 25.8 Å². The minimum atomic E-state index is -0.769. The minimum absolute atomic E-state index is 0.0272. The van der Waals surface area contributed by atoms with Gasteiger partial charge in [0.05, 0.1) is 35.8 Å². The molecule has 3 rings (SSSR count). The number of carbonyl (C=O) groups excluding carboxylic acids is 3. The van der Waals surface area contributed by atoms with E-state index in [0.717, 1.165) is 12.8 Å². The van der Waals surface area contributed by atoms with Gasteiger partial charge in [-0.15, -0.1) is 24.9 Å². The maximum atomic E-state index is 14.7. The predicted octanol–water partition coefficient (Wildman–Crippen LogP) is 4.59. The first-order valence-electron chi connectivity index (χ1n) is 14.0. The summed E-state index contributed by atoms with van der Waals surface area (Å²) in [5, 5.41) is 10.3. The summed E-state index contributed by atoms with van der Waals surface area (Å²) in [6.07, 6.45) is 6.64. The number of hydrogen-bond acceptors (Lipinski definition) is 6. The lowest BCUT2D eigenvalue weighted by molar-refractivity contribution is -0.156. The lowest BCUT2D eigenvalue weighted by Gasteiger charge is -2.46. The lowest BCUT2D eigenvalue weighted by Crippen LogP contribution is -2.61. The molecule has 1 N–H and O–H groups in total. The quantitative estimate of drug-likeness (QED) is 0.218. The second kappa shape index (κ2) is 11.0. The molecule has 38 heavy (non-hydrogen) atoms. The van der Waals surface area contributed by atoms with Crippen molar-refractivity contribution in [3.05, 3.63) is 25.3 Å². The van der Waals surface area contributed by atoms with Crippen molar-refractivity contribution >= 4 is 29.5 Å². The van der Waals surface area contributed by atoms with E-state index in [2.05, 4.69) is 47.8 Å². The van der Waals surface area contributed by atoms with Crippen LogP contribution in [0.15, 0.2) is 25.3 Å². The van der Waals surface area contributed by atoms with Crippen molar-refractivity contribution in [2.75, 3.05) is 19.8 Å². The Hall–Kier alpha value is -1.80. The number of rotatable bonds is 12. The van der Waals surface area contributed by atoms with Gasteiger partial charge in [0.1, 0.15) is 6.04 Å². The van der Waals surface area contributed by atoms with Gasteiger partial charge in [0.2, 0.25) is 11.8 Å². The number of hydrogen-bond donors (Lipinski definition) is 1. The standard InChI is InChI=1S/C30H48N2O5S/c1-10-13-17-37-26(36)22-21-24(34)32(20(12-3)18-33)23(30(21)15-14-29(22,9)38-30)25(35)31(16-11-2)28(7,8)19-27(4,5)6/h10-11,20-23,33H,1-2,12-19H2,3-9H3/t20-,21-,22+,23?,29-,30?/m0/s1. The van der Waals surface area contributed by atoms with Crippen LogP contribution in [-0.2, 0) is 19.1 Å². The van der Waals surface area contributed by atoms with Crippen molar-refractivity contribution in [3.63, 3.8) is 0 Å². The van der Waals surface area contributed by atoms with Crippen LogP contribution in [0.2, 0.25) is 0 Å². The number of likely N-dealkylation sites (tertiary alicyclic amines) is 1. The molecule has 3 aliphatic heterocycles. The Bertz CT molecular complexity index is 955. The number of ether oxygens (including phenoxy) is 1. The van der Waals surface area contributed by atoms with Crippen molar-refractivity contribution in [3.8, 4) is 0 Å². The first kappa shape index (κ1) is 30.7. The summed E-state index contributed by atoms with van der Waals surface area (Å²) in [6, 6.07) is -1.27. The van der Waals surface area contributed by atoms with Gasteiger partial charge in [0, 0.05) is 16.8 Å². The Kier molecular flexibility index (Phi) is 8.89. The molecule has 2 bridgehead atoms. The summed E-state index contributed by atoms with van der Waals surface area (Å²) in [5.74, 6) is -2.00. The van der Waals surface area contributed by atoms with E-state index in [1.54, 1.807) is 28.8 Å². The molecule has 7 nitrogen and oxygen atoms in total. The van der Waals surface area contributed by atoms with Gasteiger partial charge in [-0.3, -0.25) is 14.4 Å². The van der Waals surface area contributed by atoms with Crippen LogP contribution in [-0.4, -0.2) is 79.6 Å². The molecule has 0 aromatic carbocycles. The van der Waals surface area contributed by atoms with Gasteiger partial charge >= 0.3 is 5.97 Å². The number of nitrogens with zero attached hydrogens (tertiary/aromatic N) is 2. The molecule has 0 radical (unpaired) electrons. The zero-order chi connectivity index (χ0) is 28.7. The Balaban J connectivity index is 2.12. The normalized spacial score (nSPS) is 31.2. The largest absolute Gasteiger partial charge is 0.465 e. The molecule has 8 heteroatoms. The van der Waals surface area contributed by atoms with E-state index in [1.807, 2.05) is 18.7 Å². The summed E-state index contributed by atoms with van der Waals surface area (Å²) in [4.78, 5) is 46.0. The van der Waals surface area contributed by atoms with Crippen molar-refractivity contribution in [2.24, 2.45) is 17.3 Å². The summed E-state index contributed by atoms with van der Waals surface area (Å²) in [5.41, 5.74) is -0.525. The molecular formula is C30H48N2O5S. The molecule has 2 amide bonds. The predicted molar refractivity (Wildman–Crippen MR) is 153 cm³/mol. The Morgan fingerprint density at radius 2 is 1.89 bits per heavy atom. The number of amides is 2. The molecule has 3 heterocycles. The lowest BCUT2D eigenvalue weighted by atomic mass is 9.66. The zero-order valence-corrected chi connectivity index (χ0v) is 25.2. The highest BCUT2D eigenvalue weighted by atomic mass is 32.2. The fourth-order valence-corrected chi connectivity index (χ4v) is 9.77. The van der Waals surface area contributed by atoms with Crippen molar-refractivity contribution < 1.29 is 24.2 Å². The van der Waals surface area contributed by atoms with Gasteiger partial charge in [-0.05, 0) is 58.3 Å². The number of esters is 1. The zero-order valence-electron chi connectivity index (χ0n) is 24.4. The minimum Gasteiger partial charge on any atom is -0.465 e. The number of carbonyl (C=O) groups is 3. The Labute approximate surface area is 233 Å². The first-order chi connectivity index (χ1) is 17.6. The van der Waals surface area contributed by atoms with Crippen LogP contribution in [0.3, 0.4) is 0 Å². The third-order valence-electron chi connectivity index (χ3n) is 8.62. The van der Waals surface area contributed by atoms with Gasteiger partial charge in [-0.2, -0.15) is 0 Å². The molecule has 2 unspecified atom stereocenters. The number of aliphatic hydroxyl groups is 1. The molecule has 3 aliphatic rings. The smallest absolute Gasteiger partial charge is 0.311 e. The van der Waals surface area contributed by atoms with Gasteiger partial charge in [0.25, 0.3) is 0 Å². The molecular weight excluding hydrogens is 500 g/mol. The van der Waals surface area contributed by atoms with E-state index < -0.39 is 39.0 Å². The van der Waals surface area contributed by atoms with E-state index in [-0.39, 0.29) is 36.4 Å². The topological polar surface area (TPSA) is 87.1 Å². The van der Waals surface area contributed by atoms with Crippen LogP contribution in [0.5, 0.6) is 0 Å². The average Bonchev–Trinajstić information content (AvgIpc) is 3.37. The van der Waals surface area contributed by atoms with E-state index >= 15 is 0 Å². The molecule has 0 aromatic heterocycles. The Morgan fingerprint density at radius 3 is 2.42 bits per heavy atom. The number of aliphatic hydroxyl groups excluding tert-OH is 1. The highest BCUT2D eigenvalue weighted by molar-refractivity contribution is 8.02. The molecule has 0 aromatic rings. The Morgan fingerprint density at radius 1 is 1.24 bits per heavy atom. The number of fused-ring (bicyclic) bond motifs is 1. The maximum absolute atomic E-state index is 14.7.